The van der Waals surface area contributed by atoms with Crippen LogP contribution in [0, 0.1) is 0 Å². The highest BCUT2D eigenvalue weighted by molar-refractivity contribution is 5.98. The van der Waals surface area contributed by atoms with Crippen molar-refractivity contribution in [3.05, 3.63) is 65.2 Å². The van der Waals surface area contributed by atoms with Crippen LogP contribution >= 0.6 is 0 Å². The van der Waals surface area contributed by atoms with E-state index in [9.17, 15) is 27.6 Å². The fourth-order valence-corrected chi connectivity index (χ4v) is 3.29. The van der Waals surface area contributed by atoms with Crippen molar-refractivity contribution in [2.24, 2.45) is 0 Å². The minimum atomic E-state index is -4.52. The van der Waals surface area contributed by atoms with E-state index in [1.807, 2.05) is 0 Å². The third-order valence-electron chi connectivity index (χ3n) is 5.01. The van der Waals surface area contributed by atoms with Crippen LogP contribution in [0.3, 0.4) is 0 Å². The fourth-order valence-electron chi connectivity index (χ4n) is 3.29. The molecule has 0 bridgehead atoms. The van der Waals surface area contributed by atoms with Gasteiger partial charge >= 0.3 is 6.18 Å². The molecule has 1 fully saturated rings. The summed E-state index contributed by atoms with van der Waals surface area (Å²) in [7, 11) is 0. The molecular formula is C22H22F3N3O3. The van der Waals surface area contributed by atoms with Gasteiger partial charge in [0.05, 0.1) is 5.56 Å². The highest BCUT2D eigenvalue weighted by Gasteiger charge is 2.32. The van der Waals surface area contributed by atoms with Gasteiger partial charge in [0, 0.05) is 49.4 Å². The summed E-state index contributed by atoms with van der Waals surface area (Å²) in [6, 6.07) is 10.9. The van der Waals surface area contributed by atoms with Crippen molar-refractivity contribution in [1.29, 1.82) is 0 Å². The Hall–Kier alpha value is -3.36. The van der Waals surface area contributed by atoms with E-state index in [1.165, 1.54) is 17.0 Å². The number of amides is 3. The van der Waals surface area contributed by atoms with Gasteiger partial charge in [-0.05, 0) is 36.4 Å². The highest BCUT2D eigenvalue weighted by atomic mass is 19.4. The van der Waals surface area contributed by atoms with Gasteiger partial charge in [-0.3, -0.25) is 14.4 Å². The quantitative estimate of drug-likeness (QED) is 0.800. The average molecular weight is 433 g/mol. The normalized spacial score (nSPS) is 14.3. The van der Waals surface area contributed by atoms with Crippen LogP contribution < -0.4 is 5.32 Å². The molecular weight excluding hydrogens is 411 g/mol. The number of anilines is 1. The number of halogens is 3. The first-order chi connectivity index (χ1) is 14.7. The summed E-state index contributed by atoms with van der Waals surface area (Å²) in [5.74, 6) is -0.896. The number of piperazine rings is 1. The number of benzene rings is 2. The molecule has 0 radical (unpaired) electrons. The predicted octanol–water partition coefficient (Wildman–Crippen LogP) is 3.65. The molecule has 9 heteroatoms. The Morgan fingerprint density at radius 2 is 1.39 bits per heavy atom. The van der Waals surface area contributed by atoms with Gasteiger partial charge in [0.15, 0.2) is 0 Å². The zero-order valence-electron chi connectivity index (χ0n) is 16.9. The lowest BCUT2D eigenvalue weighted by Gasteiger charge is -2.35. The molecule has 3 amide bonds. The van der Waals surface area contributed by atoms with Crippen molar-refractivity contribution >= 4 is 23.4 Å². The maximum atomic E-state index is 12.9. The third kappa shape index (κ3) is 5.42. The molecule has 0 spiro atoms. The first kappa shape index (κ1) is 22.3. The Labute approximate surface area is 177 Å². The Bertz CT molecular complexity index is 983. The molecule has 0 aliphatic carbocycles. The lowest BCUT2D eigenvalue weighted by molar-refractivity contribution is -0.137. The monoisotopic (exact) mass is 433 g/mol. The molecule has 1 heterocycles. The lowest BCUT2D eigenvalue weighted by atomic mass is 10.1. The molecule has 2 aromatic rings. The van der Waals surface area contributed by atoms with E-state index >= 15 is 0 Å². The predicted molar refractivity (Wildman–Crippen MR) is 109 cm³/mol. The standard InChI is InChI=1S/C22H22F3N3O3/c1-2-19(29)26-18-8-4-6-16(14-18)21(31)28-11-9-27(10-12-28)20(30)15-5-3-7-17(13-15)22(23,24)25/h3-8,13-14H,2,9-12H2,1H3,(H,26,29). The Balaban J connectivity index is 1.63. The van der Waals surface area contributed by atoms with E-state index in [1.54, 1.807) is 36.1 Å². The zero-order valence-corrected chi connectivity index (χ0v) is 16.9. The summed E-state index contributed by atoms with van der Waals surface area (Å²) in [6.07, 6.45) is -4.20. The maximum Gasteiger partial charge on any atom is 0.416 e. The summed E-state index contributed by atoms with van der Waals surface area (Å²) in [5.41, 5.74) is 0.0267. The van der Waals surface area contributed by atoms with Crippen LogP contribution in [0.4, 0.5) is 18.9 Å². The van der Waals surface area contributed by atoms with Crippen LogP contribution in [0.5, 0.6) is 0 Å². The minimum absolute atomic E-state index is 0.0334. The maximum absolute atomic E-state index is 12.9. The molecule has 1 aliphatic heterocycles. The van der Waals surface area contributed by atoms with E-state index in [-0.39, 0.29) is 43.6 Å². The van der Waals surface area contributed by atoms with Crippen molar-refractivity contribution in [1.82, 2.24) is 9.80 Å². The number of alkyl halides is 3. The third-order valence-corrected chi connectivity index (χ3v) is 5.01. The van der Waals surface area contributed by atoms with E-state index < -0.39 is 17.6 Å². The molecule has 1 N–H and O–H groups in total. The zero-order chi connectivity index (χ0) is 22.6. The first-order valence-corrected chi connectivity index (χ1v) is 9.84. The molecule has 164 valence electrons. The summed E-state index contributed by atoms with van der Waals surface area (Å²) in [6.45, 7) is 2.68. The van der Waals surface area contributed by atoms with Gasteiger partial charge in [0.1, 0.15) is 0 Å². The number of nitrogens with zero attached hydrogens (tertiary/aromatic N) is 2. The minimum Gasteiger partial charge on any atom is -0.335 e. The van der Waals surface area contributed by atoms with Crippen LogP contribution in [0.25, 0.3) is 0 Å². The van der Waals surface area contributed by atoms with Gasteiger partial charge in [-0.25, -0.2) is 0 Å². The number of carbonyl (C=O) groups is 3. The SMILES string of the molecule is CCC(=O)Nc1cccc(C(=O)N2CCN(C(=O)c3cccc(C(F)(F)F)c3)CC2)c1. The van der Waals surface area contributed by atoms with Crippen molar-refractivity contribution in [3.8, 4) is 0 Å². The fraction of sp³-hybridized carbons (Fsp3) is 0.318. The van der Waals surface area contributed by atoms with Gasteiger partial charge in [-0.2, -0.15) is 13.2 Å². The van der Waals surface area contributed by atoms with Crippen molar-refractivity contribution in [3.63, 3.8) is 0 Å². The second-order valence-corrected chi connectivity index (χ2v) is 7.15. The summed E-state index contributed by atoms with van der Waals surface area (Å²) < 4.78 is 38.7. The topological polar surface area (TPSA) is 69.7 Å². The second-order valence-electron chi connectivity index (χ2n) is 7.15. The average Bonchev–Trinajstić information content (AvgIpc) is 2.78. The molecule has 3 rings (SSSR count). The van der Waals surface area contributed by atoms with Crippen molar-refractivity contribution in [2.45, 2.75) is 19.5 Å². The molecule has 6 nitrogen and oxygen atoms in total. The lowest BCUT2D eigenvalue weighted by Crippen LogP contribution is -2.50. The molecule has 0 unspecified atom stereocenters. The summed E-state index contributed by atoms with van der Waals surface area (Å²) in [4.78, 5) is 40.0. The molecule has 2 aromatic carbocycles. The molecule has 0 saturated carbocycles. The van der Waals surface area contributed by atoms with E-state index in [2.05, 4.69) is 5.32 Å². The van der Waals surface area contributed by atoms with Crippen LogP contribution in [0.2, 0.25) is 0 Å². The van der Waals surface area contributed by atoms with Crippen molar-refractivity contribution in [2.75, 3.05) is 31.5 Å². The molecule has 1 aliphatic rings. The Morgan fingerprint density at radius 3 is 1.90 bits per heavy atom. The summed E-state index contributed by atoms with van der Waals surface area (Å²) >= 11 is 0. The number of nitrogens with one attached hydrogen (secondary N) is 1. The number of hydrogen-bond acceptors (Lipinski definition) is 3. The van der Waals surface area contributed by atoms with Crippen LogP contribution in [-0.4, -0.2) is 53.7 Å². The number of hydrogen-bond donors (Lipinski definition) is 1. The number of carbonyl (C=O) groups excluding carboxylic acids is 3. The summed E-state index contributed by atoms with van der Waals surface area (Å²) in [5, 5.41) is 2.70. The molecule has 1 saturated heterocycles. The van der Waals surface area contributed by atoms with Gasteiger partial charge in [-0.15, -0.1) is 0 Å². The number of rotatable bonds is 4. The molecule has 0 atom stereocenters. The van der Waals surface area contributed by atoms with Gasteiger partial charge in [-0.1, -0.05) is 19.1 Å². The van der Waals surface area contributed by atoms with Gasteiger partial charge in [0.2, 0.25) is 5.91 Å². The molecule has 31 heavy (non-hydrogen) atoms. The first-order valence-electron chi connectivity index (χ1n) is 9.84. The second kappa shape index (κ2) is 9.20. The largest absolute Gasteiger partial charge is 0.416 e. The molecule has 0 aromatic heterocycles. The Morgan fingerprint density at radius 1 is 0.871 bits per heavy atom. The van der Waals surface area contributed by atoms with Crippen molar-refractivity contribution < 1.29 is 27.6 Å². The smallest absolute Gasteiger partial charge is 0.335 e. The highest BCUT2D eigenvalue weighted by Crippen LogP contribution is 2.29. The van der Waals surface area contributed by atoms with Crippen LogP contribution in [0.1, 0.15) is 39.6 Å². The van der Waals surface area contributed by atoms with Crippen LogP contribution in [-0.2, 0) is 11.0 Å². The van der Waals surface area contributed by atoms with Gasteiger partial charge < -0.3 is 15.1 Å². The van der Waals surface area contributed by atoms with Crippen LogP contribution in [0.15, 0.2) is 48.5 Å². The Kier molecular flexibility index (Phi) is 6.62. The van der Waals surface area contributed by atoms with E-state index in [0.29, 0.717) is 17.7 Å². The van der Waals surface area contributed by atoms with E-state index in [0.717, 1.165) is 12.1 Å². The van der Waals surface area contributed by atoms with Gasteiger partial charge in [0.25, 0.3) is 11.8 Å². The van der Waals surface area contributed by atoms with E-state index in [4.69, 9.17) is 0 Å².